The molecule has 0 aliphatic rings. The Kier molecular flexibility index (Phi) is 4.43. The van der Waals surface area contributed by atoms with E-state index in [1.54, 1.807) is 6.07 Å². The Bertz CT molecular complexity index is 589. The maximum atomic E-state index is 13.9. The zero-order valence-corrected chi connectivity index (χ0v) is 13.1. The number of halogens is 4. The molecule has 0 aliphatic carbocycles. The molecule has 5 heteroatoms. The van der Waals surface area contributed by atoms with Gasteiger partial charge in [-0.05, 0) is 39.7 Å². The minimum absolute atomic E-state index is 0.370. The average molecular weight is 393 g/mol. The van der Waals surface area contributed by atoms with Crippen molar-refractivity contribution < 1.29 is 4.39 Å². The zero-order valence-electron chi connectivity index (χ0n) is 9.13. The number of benzene rings is 2. The van der Waals surface area contributed by atoms with Crippen LogP contribution in [0.25, 0.3) is 0 Å². The van der Waals surface area contributed by atoms with E-state index in [2.05, 4.69) is 31.9 Å². The fraction of sp³-hybridized carbons (Fsp3) is 0.0769. The molecule has 0 aliphatic heterocycles. The second-order valence-corrected chi connectivity index (χ2v) is 5.90. The van der Waals surface area contributed by atoms with Gasteiger partial charge in [0, 0.05) is 14.5 Å². The SMILES string of the molecule is NC(c1cc(Cl)c(Br)cc1F)c1ccccc1Br. The summed E-state index contributed by atoms with van der Waals surface area (Å²) in [5, 5.41) is 0.439. The van der Waals surface area contributed by atoms with Gasteiger partial charge in [0.05, 0.1) is 11.1 Å². The summed E-state index contributed by atoms with van der Waals surface area (Å²) in [7, 11) is 0. The van der Waals surface area contributed by atoms with Gasteiger partial charge in [-0.25, -0.2) is 4.39 Å². The molecule has 0 saturated heterocycles. The first kappa shape index (κ1) is 14.0. The normalized spacial score (nSPS) is 12.5. The van der Waals surface area contributed by atoms with E-state index in [0.717, 1.165) is 10.0 Å². The molecule has 0 heterocycles. The molecule has 94 valence electrons. The molecule has 1 atom stereocenters. The van der Waals surface area contributed by atoms with Crippen LogP contribution in [0.3, 0.4) is 0 Å². The van der Waals surface area contributed by atoms with Crippen molar-refractivity contribution >= 4 is 43.5 Å². The summed E-state index contributed by atoms with van der Waals surface area (Å²) in [5.74, 6) is -0.380. The van der Waals surface area contributed by atoms with Gasteiger partial charge >= 0.3 is 0 Å². The van der Waals surface area contributed by atoms with Crippen LogP contribution in [-0.2, 0) is 0 Å². The number of rotatable bonds is 2. The van der Waals surface area contributed by atoms with Crippen LogP contribution in [0, 0.1) is 5.82 Å². The first-order chi connectivity index (χ1) is 8.50. The highest BCUT2D eigenvalue weighted by Crippen LogP contribution is 2.32. The van der Waals surface area contributed by atoms with Gasteiger partial charge in [0.15, 0.2) is 0 Å². The standard InChI is InChI=1S/C13H9Br2ClFN/c14-9-4-2-1-3-7(9)13(18)8-5-11(16)10(15)6-12(8)17/h1-6,13H,18H2. The van der Waals surface area contributed by atoms with Crippen LogP contribution in [0.1, 0.15) is 17.2 Å². The fourth-order valence-corrected chi connectivity index (χ4v) is 2.69. The summed E-state index contributed by atoms with van der Waals surface area (Å²) >= 11 is 12.6. The summed E-state index contributed by atoms with van der Waals surface area (Å²) < 4.78 is 15.3. The summed E-state index contributed by atoms with van der Waals surface area (Å²) in [4.78, 5) is 0. The van der Waals surface area contributed by atoms with E-state index < -0.39 is 6.04 Å². The van der Waals surface area contributed by atoms with E-state index in [-0.39, 0.29) is 5.82 Å². The van der Waals surface area contributed by atoms with E-state index in [0.29, 0.717) is 15.1 Å². The van der Waals surface area contributed by atoms with Gasteiger partial charge in [0.1, 0.15) is 5.82 Å². The molecule has 2 aromatic carbocycles. The molecule has 18 heavy (non-hydrogen) atoms. The Morgan fingerprint density at radius 2 is 1.72 bits per heavy atom. The lowest BCUT2D eigenvalue weighted by molar-refractivity contribution is 0.598. The molecule has 2 aromatic rings. The van der Waals surface area contributed by atoms with E-state index in [1.807, 2.05) is 24.3 Å². The Morgan fingerprint density at radius 3 is 2.39 bits per heavy atom. The second-order valence-electron chi connectivity index (χ2n) is 3.79. The van der Waals surface area contributed by atoms with E-state index >= 15 is 0 Å². The third-order valence-electron chi connectivity index (χ3n) is 2.61. The van der Waals surface area contributed by atoms with Gasteiger partial charge in [-0.3, -0.25) is 0 Å². The fourth-order valence-electron chi connectivity index (χ4n) is 1.67. The lowest BCUT2D eigenvalue weighted by Crippen LogP contribution is -2.14. The van der Waals surface area contributed by atoms with E-state index in [9.17, 15) is 4.39 Å². The molecule has 2 rings (SSSR count). The first-order valence-electron chi connectivity index (χ1n) is 5.15. The minimum atomic E-state index is -0.564. The molecule has 0 aromatic heterocycles. The van der Waals surface area contributed by atoms with Crippen LogP contribution in [-0.4, -0.2) is 0 Å². The van der Waals surface area contributed by atoms with Crippen molar-refractivity contribution in [2.75, 3.05) is 0 Å². The highest BCUT2D eigenvalue weighted by atomic mass is 79.9. The van der Waals surface area contributed by atoms with Crippen LogP contribution in [0.4, 0.5) is 4.39 Å². The van der Waals surface area contributed by atoms with Crippen molar-refractivity contribution in [1.82, 2.24) is 0 Å². The van der Waals surface area contributed by atoms with Crippen molar-refractivity contribution in [2.24, 2.45) is 5.73 Å². The molecule has 0 saturated carbocycles. The van der Waals surface area contributed by atoms with Crippen LogP contribution in [0.15, 0.2) is 45.3 Å². The molecular formula is C13H9Br2ClFN. The van der Waals surface area contributed by atoms with Gasteiger partial charge in [-0.1, -0.05) is 45.7 Å². The molecular weight excluding hydrogens is 384 g/mol. The van der Waals surface area contributed by atoms with Crippen LogP contribution >= 0.6 is 43.5 Å². The third-order valence-corrected chi connectivity index (χ3v) is 4.53. The van der Waals surface area contributed by atoms with Gasteiger partial charge in [0.25, 0.3) is 0 Å². The molecule has 1 unspecified atom stereocenters. The Labute approximate surface area is 126 Å². The van der Waals surface area contributed by atoms with Crippen LogP contribution in [0.5, 0.6) is 0 Å². The quantitative estimate of drug-likeness (QED) is 0.710. The summed E-state index contributed by atoms with van der Waals surface area (Å²) in [5.41, 5.74) is 7.28. The lowest BCUT2D eigenvalue weighted by atomic mass is 9.99. The molecule has 0 amide bonds. The largest absolute Gasteiger partial charge is 0.320 e. The Hall–Kier alpha value is -0.420. The van der Waals surface area contributed by atoms with Crippen LogP contribution < -0.4 is 5.73 Å². The van der Waals surface area contributed by atoms with Crippen molar-refractivity contribution in [2.45, 2.75) is 6.04 Å². The topological polar surface area (TPSA) is 26.0 Å². The Morgan fingerprint density at radius 1 is 1.06 bits per heavy atom. The van der Waals surface area contributed by atoms with Crippen LogP contribution in [0.2, 0.25) is 5.02 Å². The Balaban J connectivity index is 2.50. The second kappa shape index (κ2) is 5.70. The van der Waals surface area contributed by atoms with Gasteiger partial charge in [-0.2, -0.15) is 0 Å². The number of hydrogen-bond donors (Lipinski definition) is 1. The van der Waals surface area contributed by atoms with E-state index in [4.69, 9.17) is 17.3 Å². The smallest absolute Gasteiger partial charge is 0.129 e. The first-order valence-corrected chi connectivity index (χ1v) is 7.11. The highest BCUT2D eigenvalue weighted by Gasteiger charge is 2.17. The molecule has 0 bridgehead atoms. The van der Waals surface area contributed by atoms with Crippen molar-refractivity contribution in [3.05, 3.63) is 67.3 Å². The van der Waals surface area contributed by atoms with E-state index in [1.165, 1.54) is 6.07 Å². The third kappa shape index (κ3) is 2.77. The summed E-state index contributed by atoms with van der Waals surface area (Å²) in [6, 6.07) is 9.77. The summed E-state index contributed by atoms with van der Waals surface area (Å²) in [6.07, 6.45) is 0. The molecule has 2 N–H and O–H groups in total. The molecule has 0 fully saturated rings. The maximum Gasteiger partial charge on any atom is 0.129 e. The monoisotopic (exact) mass is 391 g/mol. The van der Waals surface area contributed by atoms with Gasteiger partial charge < -0.3 is 5.73 Å². The summed E-state index contributed by atoms with van der Waals surface area (Å²) in [6.45, 7) is 0. The van der Waals surface area contributed by atoms with Crippen molar-refractivity contribution in [3.63, 3.8) is 0 Å². The molecule has 0 radical (unpaired) electrons. The predicted molar refractivity (Wildman–Crippen MR) is 79.3 cm³/mol. The number of nitrogens with two attached hydrogens (primary N) is 1. The minimum Gasteiger partial charge on any atom is -0.320 e. The average Bonchev–Trinajstić information content (AvgIpc) is 2.33. The molecule has 0 spiro atoms. The number of hydrogen-bond acceptors (Lipinski definition) is 1. The predicted octanol–water partition coefficient (Wildman–Crippen LogP) is 5.05. The van der Waals surface area contributed by atoms with Gasteiger partial charge in [-0.15, -0.1) is 0 Å². The van der Waals surface area contributed by atoms with Gasteiger partial charge in [0.2, 0.25) is 0 Å². The highest BCUT2D eigenvalue weighted by molar-refractivity contribution is 9.10. The lowest BCUT2D eigenvalue weighted by Gasteiger charge is -2.16. The van der Waals surface area contributed by atoms with Crippen molar-refractivity contribution in [1.29, 1.82) is 0 Å². The maximum absolute atomic E-state index is 13.9. The molecule has 1 nitrogen and oxygen atoms in total. The van der Waals surface area contributed by atoms with Crippen molar-refractivity contribution in [3.8, 4) is 0 Å². The zero-order chi connectivity index (χ0) is 13.3.